The second-order valence-corrected chi connectivity index (χ2v) is 4.39. The summed E-state index contributed by atoms with van der Waals surface area (Å²) in [5.41, 5.74) is 13.0. The minimum absolute atomic E-state index is 0.404. The molecule has 17 heavy (non-hydrogen) atoms. The van der Waals surface area contributed by atoms with Crippen LogP contribution in [0.3, 0.4) is 0 Å². The Labute approximate surface area is 101 Å². The molecule has 1 unspecified atom stereocenters. The fraction of sp³-hybridized carbons (Fsp3) is 0.900. The Kier molecular flexibility index (Phi) is 7.29. The van der Waals surface area contributed by atoms with Crippen molar-refractivity contribution in [3.63, 3.8) is 0 Å². The number of nitrogens with one attached hydrogen (secondary N) is 1. The molecule has 0 bridgehead atoms. The van der Waals surface area contributed by atoms with Gasteiger partial charge in [-0.15, -0.1) is 0 Å². The summed E-state index contributed by atoms with van der Waals surface area (Å²) in [6.45, 7) is 4.77. The highest BCUT2D eigenvalue weighted by Gasteiger charge is 2.25. The number of ether oxygens (including phenoxy) is 1. The number of amides is 1. The van der Waals surface area contributed by atoms with Crippen molar-refractivity contribution in [3.8, 4) is 0 Å². The number of nitrogens with two attached hydrogens (primary N) is 1. The van der Waals surface area contributed by atoms with Crippen molar-refractivity contribution in [1.82, 2.24) is 5.32 Å². The molecule has 0 aromatic heterocycles. The van der Waals surface area contributed by atoms with Crippen molar-refractivity contribution < 1.29 is 9.53 Å². The Bertz CT molecular complexity index is 286. The Balaban J connectivity index is 4.08. The SMILES string of the molecule is COC(C)(C)CC(NCCCN=[N+]=[N-])C(N)=O. The quantitative estimate of drug-likeness (QED) is 0.272. The average molecular weight is 243 g/mol. The predicted octanol–water partition coefficient (Wildman–Crippen LogP) is 0.945. The highest BCUT2D eigenvalue weighted by atomic mass is 16.5. The first-order chi connectivity index (χ1) is 7.93. The zero-order valence-corrected chi connectivity index (χ0v) is 10.6. The van der Waals surface area contributed by atoms with E-state index in [2.05, 4.69) is 15.3 Å². The Hall–Kier alpha value is -1.30. The number of hydrogen-bond acceptors (Lipinski definition) is 4. The van der Waals surface area contributed by atoms with E-state index in [-0.39, 0.29) is 0 Å². The summed E-state index contributed by atoms with van der Waals surface area (Å²) in [4.78, 5) is 13.9. The van der Waals surface area contributed by atoms with Crippen molar-refractivity contribution >= 4 is 5.91 Å². The topological polar surface area (TPSA) is 113 Å². The van der Waals surface area contributed by atoms with E-state index < -0.39 is 17.6 Å². The second kappa shape index (κ2) is 7.89. The van der Waals surface area contributed by atoms with Crippen LogP contribution in [-0.2, 0) is 9.53 Å². The van der Waals surface area contributed by atoms with Gasteiger partial charge in [0.25, 0.3) is 0 Å². The lowest BCUT2D eigenvalue weighted by atomic mass is 9.98. The smallest absolute Gasteiger partial charge is 0.234 e. The van der Waals surface area contributed by atoms with Crippen molar-refractivity contribution in [2.45, 2.75) is 38.3 Å². The van der Waals surface area contributed by atoms with E-state index in [1.54, 1.807) is 7.11 Å². The maximum atomic E-state index is 11.2. The molecule has 0 aromatic rings. The minimum Gasteiger partial charge on any atom is -0.379 e. The Morgan fingerprint density at radius 2 is 2.29 bits per heavy atom. The number of carbonyl (C=O) groups is 1. The summed E-state index contributed by atoms with van der Waals surface area (Å²) < 4.78 is 5.25. The van der Waals surface area contributed by atoms with Crippen LogP contribution in [0.25, 0.3) is 10.4 Å². The third-order valence-corrected chi connectivity index (χ3v) is 2.48. The van der Waals surface area contributed by atoms with E-state index in [4.69, 9.17) is 16.0 Å². The van der Waals surface area contributed by atoms with Gasteiger partial charge in [-0.1, -0.05) is 5.11 Å². The molecule has 0 aliphatic heterocycles. The van der Waals surface area contributed by atoms with Gasteiger partial charge in [0.15, 0.2) is 0 Å². The molecule has 0 heterocycles. The van der Waals surface area contributed by atoms with Crippen LogP contribution in [0.5, 0.6) is 0 Å². The third kappa shape index (κ3) is 7.57. The Morgan fingerprint density at radius 1 is 1.65 bits per heavy atom. The van der Waals surface area contributed by atoms with E-state index in [0.29, 0.717) is 25.9 Å². The largest absolute Gasteiger partial charge is 0.379 e. The van der Waals surface area contributed by atoms with E-state index >= 15 is 0 Å². The highest BCUT2D eigenvalue weighted by Crippen LogP contribution is 2.15. The molecular weight excluding hydrogens is 222 g/mol. The maximum Gasteiger partial charge on any atom is 0.234 e. The Morgan fingerprint density at radius 3 is 2.76 bits per heavy atom. The minimum atomic E-state index is -0.434. The molecule has 7 nitrogen and oxygen atoms in total. The van der Waals surface area contributed by atoms with Crippen LogP contribution in [0.2, 0.25) is 0 Å². The maximum absolute atomic E-state index is 11.2. The zero-order chi connectivity index (χ0) is 13.3. The van der Waals surface area contributed by atoms with Crippen molar-refractivity contribution in [2.75, 3.05) is 20.2 Å². The molecule has 0 spiro atoms. The van der Waals surface area contributed by atoms with Gasteiger partial charge in [0.2, 0.25) is 5.91 Å². The molecule has 0 fully saturated rings. The van der Waals surface area contributed by atoms with Gasteiger partial charge in [-0.05, 0) is 32.3 Å². The summed E-state index contributed by atoms with van der Waals surface area (Å²) in [7, 11) is 1.60. The number of nitrogens with zero attached hydrogens (tertiary/aromatic N) is 3. The lowest BCUT2D eigenvalue weighted by molar-refractivity contribution is -0.121. The molecule has 1 amide bonds. The summed E-state index contributed by atoms with van der Waals surface area (Å²) in [6.07, 6.45) is 1.17. The lowest BCUT2D eigenvalue weighted by Gasteiger charge is -2.27. The normalized spacial score (nSPS) is 12.9. The van der Waals surface area contributed by atoms with Crippen molar-refractivity contribution in [3.05, 3.63) is 10.4 Å². The third-order valence-electron chi connectivity index (χ3n) is 2.48. The van der Waals surface area contributed by atoms with Gasteiger partial charge >= 0.3 is 0 Å². The first-order valence-corrected chi connectivity index (χ1v) is 5.51. The van der Waals surface area contributed by atoms with E-state index in [1.807, 2.05) is 13.8 Å². The number of primary amides is 1. The molecular formula is C10H21N5O2. The van der Waals surface area contributed by atoms with Gasteiger partial charge in [0, 0.05) is 25.0 Å². The van der Waals surface area contributed by atoms with Gasteiger partial charge in [-0.25, -0.2) is 0 Å². The summed E-state index contributed by atoms with van der Waals surface area (Å²) in [6, 6.07) is -0.434. The lowest BCUT2D eigenvalue weighted by Crippen LogP contribution is -2.46. The molecule has 0 rings (SSSR count). The van der Waals surface area contributed by atoms with Gasteiger partial charge in [0.05, 0.1) is 11.6 Å². The second-order valence-electron chi connectivity index (χ2n) is 4.39. The fourth-order valence-electron chi connectivity index (χ4n) is 1.32. The monoisotopic (exact) mass is 243 g/mol. The molecule has 3 N–H and O–H groups in total. The molecule has 0 aliphatic rings. The average Bonchev–Trinajstić information content (AvgIpc) is 2.27. The van der Waals surface area contributed by atoms with Crippen LogP contribution in [0.15, 0.2) is 5.11 Å². The molecule has 0 saturated carbocycles. The first kappa shape index (κ1) is 15.7. The molecule has 98 valence electrons. The molecule has 0 saturated heterocycles. The van der Waals surface area contributed by atoms with Crippen molar-refractivity contribution in [2.24, 2.45) is 10.8 Å². The van der Waals surface area contributed by atoms with Crippen LogP contribution in [0.4, 0.5) is 0 Å². The molecule has 0 aromatic carbocycles. The van der Waals surface area contributed by atoms with Gasteiger partial charge in [-0.2, -0.15) is 0 Å². The highest BCUT2D eigenvalue weighted by molar-refractivity contribution is 5.79. The number of hydrogen-bond donors (Lipinski definition) is 2. The zero-order valence-electron chi connectivity index (χ0n) is 10.6. The molecule has 0 radical (unpaired) electrons. The summed E-state index contributed by atoms with van der Waals surface area (Å²) in [5.74, 6) is -0.404. The van der Waals surface area contributed by atoms with Crippen LogP contribution in [0, 0.1) is 0 Å². The van der Waals surface area contributed by atoms with Crippen LogP contribution >= 0.6 is 0 Å². The van der Waals surface area contributed by atoms with Crippen LogP contribution in [0.1, 0.15) is 26.7 Å². The summed E-state index contributed by atoms with van der Waals surface area (Å²) >= 11 is 0. The van der Waals surface area contributed by atoms with Gasteiger partial charge in [-0.3, -0.25) is 4.79 Å². The van der Waals surface area contributed by atoms with E-state index in [1.165, 1.54) is 0 Å². The summed E-state index contributed by atoms with van der Waals surface area (Å²) in [5, 5.41) is 6.43. The predicted molar refractivity (Wildman–Crippen MR) is 65.3 cm³/mol. The molecule has 7 heteroatoms. The number of carbonyl (C=O) groups excluding carboxylic acids is 1. The number of methoxy groups -OCH3 is 1. The van der Waals surface area contributed by atoms with E-state index in [0.717, 1.165) is 0 Å². The number of azide groups is 1. The van der Waals surface area contributed by atoms with Gasteiger partial charge < -0.3 is 15.8 Å². The standard InChI is InChI=1S/C10H21N5O2/c1-10(2,17-3)7-8(9(11)16)13-5-4-6-14-15-12/h8,13H,4-7H2,1-3H3,(H2,11,16). The van der Waals surface area contributed by atoms with Gasteiger partial charge in [0.1, 0.15) is 0 Å². The molecule has 0 aliphatic carbocycles. The van der Waals surface area contributed by atoms with Crippen molar-refractivity contribution in [1.29, 1.82) is 0 Å². The first-order valence-electron chi connectivity index (χ1n) is 5.51. The fourth-order valence-corrected chi connectivity index (χ4v) is 1.32. The molecule has 1 atom stereocenters. The number of rotatable bonds is 9. The van der Waals surface area contributed by atoms with E-state index in [9.17, 15) is 4.79 Å². The van der Waals surface area contributed by atoms with Crippen LogP contribution < -0.4 is 11.1 Å². The van der Waals surface area contributed by atoms with Crippen LogP contribution in [-0.4, -0.2) is 37.7 Å².